The molecule has 0 unspecified atom stereocenters. The molecule has 0 bridgehead atoms. The Morgan fingerprint density at radius 2 is 1.90 bits per heavy atom. The minimum absolute atomic E-state index is 0.0380. The second-order valence-electron chi connectivity index (χ2n) is 17.5. The fraction of sp³-hybridized carbons (Fsp3) is 0.600. The first-order valence-electron chi connectivity index (χ1n) is 20.1. The van der Waals surface area contributed by atoms with Gasteiger partial charge in [-0.2, -0.15) is 18.2 Å². The maximum atomic E-state index is 15.2. The van der Waals surface area contributed by atoms with Crippen LogP contribution in [0.25, 0.3) is 16.7 Å². The van der Waals surface area contributed by atoms with Crippen LogP contribution in [0, 0.1) is 17.8 Å². The van der Waals surface area contributed by atoms with E-state index in [1.165, 1.54) is 13.1 Å². The quantitative estimate of drug-likeness (QED) is 0.231. The summed E-state index contributed by atoms with van der Waals surface area (Å²) < 4.78 is 80.2. The summed E-state index contributed by atoms with van der Waals surface area (Å²) in [6.45, 7) is 6.06. The second-order valence-corrected chi connectivity index (χ2v) is 20.1. The molecule has 7 rings (SSSR count). The van der Waals surface area contributed by atoms with E-state index >= 15 is 4.79 Å². The van der Waals surface area contributed by atoms with Crippen molar-refractivity contribution in [1.82, 2.24) is 34.2 Å². The Labute approximate surface area is 350 Å². The predicted molar refractivity (Wildman–Crippen MR) is 213 cm³/mol. The van der Waals surface area contributed by atoms with Crippen LogP contribution in [0.4, 0.5) is 18.0 Å². The number of halogens is 4. The summed E-state index contributed by atoms with van der Waals surface area (Å²) in [7, 11) is -4.14. The van der Waals surface area contributed by atoms with Crippen molar-refractivity contribution in [2.45, 2.75) is 126 Å². The Morgan fingerprint density at radius 3 is 2.55 bits per heavy atom. The molecule has 326 valence electrons. The van der Waals surface area contributed by atoms with Crippen molar-refractivity contribution in [2.24, 2.45) is 17.8 Å². The third kappa shape index (κ3) is 7.75. The third-order valence-corrected chi connectivity index (χ3v) is 15.3. The van der Waals surface area contributed by atoms with Crippen molar-refractivity contribution >= 4 is 62.1 Å². The number of allylic oxidation sites excluding steroid dienone is 1. The summed E-state index contributed by atoms with van der Waals surface area (Å²) in [5.74, 6) is -4.34. The van der Waals surface area contributed by atoms with E-state index in [9.17, 15) is 41.1 Å². The SMILES string of the molecule is CC[C@@H]1C[C@H](C)CCC=C[C@@H]2C[C@@]2(C(=O)NS(=O)(=O)C2(C)CC2)NC(=O)[C@@H]2C[C@@H](Oc3nc4nccn4c4ccc(Cl)cc34)CN2C(=O)[C@H]1N(C(=O)O)C(C)(C)C(F)(F)F. The van der Waals surface area contributed by atoms with E-state index in [-0.39, 0.29) is 48.2 Å². The number of carboxylic acid groups (broad SMARTS) is 1. The van der Waals surface area contributed by atoms with Crippen LogP contribution in [0.2, 0.25) is 5.02 Å². The molecule has 0 spiro atoms. The van der Waals surface area contributed by atoms with Gasteiger partial charge in [0.25, 0.3) is 5.91 Å². The van der Waals surface area contributed by atoms with E-state index in [2.05, 4.69) is 20.0 Å². The van der Waals surface area contributed by atoms with Gasteiger partial charge in [0.05, 0.1) is 22.2 Å². The van der Waals surface area contributed by atoms with Crippen LogP contribution in [0.15, 0.2) is 42.7 Å². The number of sulfonamides is 1. The number of carbonyl (C=O) groups excluding carboxylic acids is 3. The highest BCUT2D eigenvalue weighted by Gasteiger charge is 2.64. The lowest BCUT2D eigenvalue weighted by atomic mass is 9.82. The summed E-state index contributed by atoms with van der Waals surface area (Å²) in [6, 6.07) is 1.58. The van der Waals surface area contributed by atoms with Crippen LogP contribution < -0.4 is 14.8 Å². The summed E-state index contributed by atoms with van der Waals surface area (Å²) >= 11 is 6.38. The molecule has 15 nitrogen and oxygen atoms in total. The molecular weight excluding hydrogens is 831 g/mol. The zero-order valence-electron chi connectivity index (χ0n) is 33.8. The van der Waals surface area contributed by atoms with Gasteiger partial charge in [-0.25, -0.2) is 18.2 Å². The summed E-state index contributed by atoms with van der Waals surface area (Å²) in [6.07, 6.45) is 0.372. The minimum atomic E-state index is -5.11. The molecule has 3 fully saturated rings. The smallest absolute Gasteiger partial charge is 0.411 e. The van der Waals surface area contributed by atoms with Gasteiger partial charge in [0.15, 0.2) is 0 Å². The first kappa shape index (κ1) is 43.4. The lowest BCUT2D eigenvalue weighted by molar-refractivity contribution is -0.222. The van der Waals surface area contributed by atoms with Crippen LogP contribution in [0.1, 0.15) is 86.0 Å². The molecule has 20 heteroatoms. The molecule has 4 amide bonds. The molecule has 2 aliphatic carbocycles. The lowest BCUT2D eigenvalue weighted by Crippen LogP contribution is -2.66. The minimum Gasteiger partial charge on any atom is -0.472 e. The van der Waals surface area contributed by atoms with Gasteiger partial charge in [-0.1, -0.05) is 44.0 Å². The standard InChI is InChI=1S/C40H49ClF3N7O8S/c1-6-23-17-22(2)9-7-8-10-24-20-39(24,34(54)48-60(57,58)38(5)13-14-38)47-31(52)29-19-26(21-50(29)33(53)30(23)51(36(55)56)37(3,4)40(42,43)44)59-32-27-18-25(41)11-12-28(27)49-16-15-45-35(49)46-32/h8,10-12,15-16,18,22-24,26,29-30H,6-7,9,13-14,17,19-21H2,1-5H3,(H,47,52)(H,48,54)(H,55,56)/t22-,23-,24-,26-,29+,30+,39-/m1/s1. The van der Waals surface area contributed by atoms with Gasteiger partial charge < -0.3 is 20.1 Å². The molecule has 60 heavy (non-hydrogen) atoms. The molecule has 1 aromatic carbocycles. The molecule has 3 N–H and O–H groups in total. The fourth-order valence-electron chi connectivity index (χ4n) is 8.63. The van der Waals surface area contributed by atoms with Crippen molar-refractivity contribution in [3.8, 4) is 5.88 Å². The van der Waals surface area contributed by atoms with E-state index in [0.29, 0.717) is 55.5 Å². The van der Waals surface area contributed by atoms with Crippen molar-refractivity contribution in [1.29, 1.82) is 0 Å². The Bertz CT molecular complexity index is 2370. The zero-order valence-corrected chi connectivity index (χ0v) is 35.4. The normalized spacial score (nSPS) is 28.6. The number of fused-ring (bicyclic) bond motifs is 5. The molecule has 2 aliphatic heterocycles. The third-order valence-electron chi connectivity index (χ3n) is 12.9. The highest BCUT2D eigenvalue weighted by molar-refractivity contribution is 7.91. The second kappa shape index (κ2) is 15.4. The highest BCUT2D eigenvalue weighted by Crippen LogP contribution is 2.48. The van der Waals surface area contributed by atoms with E-state index in [0.717, 1.165) is 4.90 Å². The topological polar surface area (TPSA) is 193 Å². The Kier molecular flexibility index (Phi) is 11.1. The average Bonchev–Trinajstić information content (AvgIpc) is 3.95. The number of hydrogen-bond donors (Lipinski definition) is 3. The Balaban J connectivity index is 1.32. The van der Waals surface area contributed by atoms with E-state index in [1.54, 1.807) is 41.8 Å². The fourth-order valence-corrected chi connectivity index (χ4v) is 10.1. The van der Waals surface area contributed by atoms with E-state index in [4.69, 9.17) is 16.3 Å². The van der Waals surface area contributed by atoms with Gasteiger partial charge in [-0.05, 0) is 89.3 Å². The maximum absolute atomic E-state index is 15.2. The van der Waals surface area contributed by atoms with Crippen molar-refractivity contribution in [2.75, 3.05) is 6.54 Å². The summed E-state index contributed by atoms with van der Waals surface area (Å²) in [5.41, 5.74) is -4.17. The zero-order chi connectivity index (χ0) is 43.7. The van der Waals surface area contributed by atoms with Crippen LogP contribution in [0.3, 0.4) is 0 Å². The first-order valence-corrected chi connectivity index (χ1v) is 21.9. The average molecular weight is 880 g/mol. The number of nitrogens with zero attached hydrogens (tertiary/aromatic N) is 5. The van der Waals surface area contributed by atoms with Gasteiger partial charge >= 0.3 is 12.3 Å². The van der Waals surface area contributed by atoms with Gasteiger partial charge in [0.1, 0.15) is 29.3 Å². The van der Waals surface area contributed by atoms with Gasteiger partial charge in [-0.3, -0.25) is 28.4 Å². The molecule has 4 heterocycles. The van der Waals surface area contributed by atoms with Crippen LogP contribution in [-0.4, -0.2) is 108 Å². The van der Waals surface area contributed by atoms with Crippen molar-refractivity contribution in [3.63, 3.8) is 0 Å². The van der Waals surface area contributed by atoms with E-state index in [1.807, 2.05) is 13.0 Å². The number of benzene rings is 1. The maximum Gasteiger partial charge on any atom is 0.411 e. The number of amides is 4. The molecule has 1 saturated heterocycles. The molecule has 4 aliphatic rings. The van der Waals surface area contributed by atoms with E-state index < -0.39 is 92.4 Å². The first-order chi connectivity index (χ1) is 28.0. The number of ether oxygens (including phenoxy) is 1. The van der Waals surface area contributed by atoms with Gasteiger partial charge in [0.2, 0.25) is 33.5 Å². The largest absolute Gasteiger partial charge is 0.472 e. The number of imidazole rings is 1. The number of nitrogens with one attached hydrogen (secondary N) is 2. The Hall–Kier alpha value is -4.65. The van der Waals surface area contributed by atoms with Crippen LogP contribution >= 0.6 is 11.6 Å². The van der Waals surface area contributed by atoms with Crippen LogP contribution in [0.5, 0.6) is 5.88 Å². The molecule has 7 atom stereocenters. The van der Waals surface area contributed by atoms with Crippen molar-refractivity contribution in [3.05, 3.63) is 47.8 Å². The van der Waals surface area contributed by atoms with Crippen molar-refractivity contribution < 1.29 is 50.6 Å². The number of alkyl halides is 3. The molecule has 2 saturated carbocycles. The molecule has 2 aromatic heterocycles. The number of rotatable bonds is 8. The number of aromatic nitrogens is 3. The number of carbonyl (C=O) groups is 4. The predicted octanol–water partition coefficient (Wildman–Crippen LogP) is 5.85. The van der Waals surface area contributed by atoms with Gasteiger partial charge in [-0.15, -0.1) is 0 Å². The lowest BCUT2D eigenvalue weighted by Gasteiger charge is -2.46. The molecular formula is C40H49ClF3N7O8S. The Morgan fingerprint density at radius 1 is 1.18 bits per heavy atom. The van der Waals surface area contributed by atoms with Gasteiger partial charge in [0, 0.05) is 29.8 Å². The molecule has 3 aromatic rings. The highest BCUT2D eigenvalue weighted by atomic mass is 35.5. The monoisotopic (exact) mass is 879 g/mol. The summed E-state index contributed by atoms with van der Waals surface area (Å²) in [5, 5.41) is 14.1. The molecule has 0 radical (unpaired) electrons. The van der Waals surface area contributed by atoms with Crippen LogP contribution in [-0.2, 0) is 24.4 Å². The number of hydrogen-bond acceptors (Lipinski definition) is 9. The summed E-state index contributed by atoms with van der Waals surface area (Å²) in [4.78, 5) is 67.0.